The summed E-state index contributed by atoms with van der Waals surface area (Å²) >= 11 is 0. The van der Waals surface area contributed by atoms with Crippen molar-refractivity contribution in [3.05, 3.63) is 65.0 Å². The van der Waals surface area contributed by atoms with Gasteiger partial charge in [0.2, 0.25) is 0 Å². The number of benzene rings is 2. The molecule has 6 heteroatoms. The molecule has 0 radical (unpaired) electrons. The number of hydrogen-bond donors (Lipinski definition) is 2. The molecule has 3 rings (SSSR count). The van der Waals surface area contributed by atoms with Gasteiger partial charge in [-0.05, 0) is 36.6 Å². The van der Waals surface area contributed by atoms with Gasteiger partial charge < -0.3 is 10.4 Å². The van der Waals surface area contributed by atoms with E-state index in [1.165, 1.54) is 0 Å². The smallest absolute Gasteiger partial charge is 0.308 e. The van der Waals surface area contributed by atoms with Gasteiger partial charge in [0.05, 0.1) is 17.2 Å². The van der Waals surface area contributed by atoms with E-state index in [1.54, 1.807) is 18.7 Å². The maximum atomic E-state index is 12.5. The highest BCUT2D eigenvalue weighted by molar-refractivity contribution is 5.96. The molecule has 6 nitrogen and oxygen atoms in total. The Balaban J connectivity index is 1.76. The normalized spacial score (nSPS) is 12.1. The highest BCUT2D eigenvalue weighted by Crippen LogP contribution is 2.21. The number of rotatable bonds is 6. The van der Waals surface area contributed by atoms with Crippen LogP contribution >= 0.6 is 0 Å². The summed E-state index contributed by atoms with van der Waals surface area (Å²) in [6, 6.07) is 13.8. The van der Waals surface area contributed by atoms with E-state index >= 15 is 0 Å². The standard InChI is InChI=1S/C21H23N3O3/c1-13-19(14(2)24(3)23-13)20(25)22-12-17(21(26)27)11-16-9-6-8-15-7-4-5-10-18(15)16/h4-10,17H,11-12H2,1-3H3,(H,22,25)(H,26,27). The van der Waals surface area contributed by atoms with Crippen LogP contribution in [0.1, 0.15) is 27.3 Å². The summed E-state index contributed by atoms with van der Waals surface area (Å²) in [5.74, 6) is -1.93. The summed E-state index contributed by atoms with van der Waals surface area (Å²) in [6.45, 7) is 3.65. The summed E-state index contributed by atoms with van der Waals surface area (Å²) in [5, 5.41) is 18.8. The number of nitrogens with one attached hydrogen (secondary N) is 1. The van der Waals surface area contributed by atoms with Gasteiger partial charge in [-0.25, -0.2) is 0 Å². The topological polar surface area (TPSA) is 84.2 Å². The Labute approximate surface area is 157 Å². The van der Waals surface area contributed by atoms with Crippen LogP contribution in [-0.2, 0) is 18.3 Å². The van der Waals surface area contributed by atoms with Crippen LogP contribution in [0.4, 0.5) is 0 Å². The molecule has 1 unspecified atom stereocenters. The molecule has 1 aromatic heterocycles. The predicted octanol–water partition coefficient (Wildman–Crippen LogP) is 2.86. The summed E-state index contributed by atoms with van der Waals surface area (Å²) in [4.78, 5) is 24.3. The second-order valence-corrected chi connectivity index (χ2v) is 6.76. The molecule has 0 saturated carbocycles. The third-order valence-electron chi connectivity index (χ3n) is 4.94. The van der Waals surface area contributed by atoms with E-state index < -0.39 is 11.9 Å². The second-order valence-electron chi connectivity index (χ2n) is 6.76. The van der Waals surface area contributed by atoms with Crippen molar-refractivity contribution in [1.29, 1.82) is 0 Å². The van der Waals surface area contributed by atoms with Crippen LogP contribution in [0.25, 0.3) is 10.8 Å². The van der Waals surface area contributed by atoms with Crippen molar-refractivity contribution in [2.75, 3.05) is 6.54 Å². The number of fused-ring (bicyclic) bond motifs is 1. The number of carboxylic acid groups (broad SMARTS) is 1. The third kappa shape index (κ3) is 3.84. The lowest BCUT2D eigenvalue weighted by molar-refractivity contribution is -0.141. The van der Waals surface area contributed by atoms with E-state index in [0.29, 0.717) is 17.7 Å². The maximum Gasteiger partial charge on any atom is 0.308 e. The van der Waals surface area contributed by atoms with Gasteiger partial charge in [-0.3, -0.25) is 14.3 Å². The zero-order valence-electron chi connectivity index (χ0n) is 15.7. The second kappa shape index (κ2) is 7.61. The minimum absolute atomic E-state index is 0.0607. The monoisotopic (exact) mass is 365 g/mol. The summed E-state index contributed by atoms with van der Waals surface area (Å²) in [6.07, 6.45) is 0.349. The van der Waals surface area contributed by atoms with Crippen LogP contribution in [-0.4, -0.2) is 33.3 Å². The van der Waals surface area contributed by atoms with Gasteiger partial charge >= 0.3 is 5.97 Å². The number of aryl methyl sites for hydroxylation is 2. The fraction of sp³-hybridized carbons (Fsp3) is 0.286. The van der Waals surface area contributed by atoms with Gasteiger partial charge in [-0.15, -0.1) is 0 Å². The maximum absolute atomic E-state index is 12.5. The molecule has 1 amide bonds. The third-order valence-corrected chi connectivity index (χ3v) is 4.94. The number of amides is 1. The van der Waals surface area contributed by atoms with Crippen molar-refractivity contribution >= 4 is 22.6 Å². The Morgan fingerprint density at radius 3 is 2.52 bits per heavy atom. The van der Waals surface area contributed by atoms with Crippen molar-refractivity contribution in [3.8, 4) is 0 Å². The molecule has 0 aliphatic heterocycles. The van der Waals surface area contributed by atoms with E-state index in [2.05, 4.69) is 10.4 Å². The number of nitrogens with zero attached hydrogens (tertiary/aromatic N) is 2. The molecule has 140 valence electrons. The fourth-order valence-electron chi connectivity index (χ4n) is 3.39. The minimum atomic E-state index is -0.928. The van der Waals surface area contributed by atoms with Crippen molar-refractivity contribution in [2.24, 2.45) is 13.0 Å². The van der Waals surface area contributed by atoms with Gasteiger partial charge in [0.25, 0.3) is 5.91 Å². The Kier molecular flexibility index (Phi) is 5.26. The molecule has 2 aromatic carbocycles. The Morgan fingerprint density at radius 2 is 1.85 bits per heavy atom. The molecule has 1 heterocycles. The average Bonchev–Trinajstić information content (AvgIpc) is 2.90. The molecule has 0 aliphatic rings. The molecule has 0 saturated heterocycles. The van der Waals surface area contributed by atoms with E-state index in [1.807, 2.05) is 49.4 Å². The zero-order valence-corrected chi connectivity index (χ0v) is 15.7. The van der Waals surface area contributed by atoms with Crippen LogP contribution in [0.5, 0.6) is 0 Å². The van der Waals surface area contributed by atoms with Crippen LogP contribution < -0.4 is 5.32 Å². The summed E-state index contributed by atoms with van der Waals surface area (Å²) in [5.41, 5.74) is 2.86. The number of hydrogen-bond acceptors (Lipinski definition) is 3. The Hall–Kier alpha value is -3.15. The first-order valence-electron chi connectivity index (χ1n) is 8.86. The molecule has 2 N–H and O–H groups in total. The summed E-state index contributed by atoms with van der Waals surface area (Å²) in [7, 11) is 1.78. The molecule has 27 heavy (non-hydrogen) atoms. The van der Waals surface area contributed by atoms with E-state index in [-0.39, 0.29) is 12.5 Å². The lowest BCUT2D eigenvalue weighted by atomic mass is 9.94. The summed E-state index contributed by atoms with van der Waals surface area (Å²) < 4.78 is 1.65. The predicted molar refractivity (Wildman–Crippen MR) is 104 cm³/mol. The Morgan fingerprint density at radius 1 is 1.15 bits per heavy atom. The largest absolute Gasteiger partial charge is 0.481 e. The first-order chi connectivity index (χ1) is 12.9. The van der Waals surface area contributed by atoms with Crippen LogP contribution in [0.3, 0.4) is 0 Å². The molecule has 3 aromatic rings. The van der Waals surface area contributed by atoms with Gasteiger partial charge in [0.15, 0.2) is 0 Å². The van der Waals surface area contributed by atoms with Gasteiger partial charge in [0, 0.05) is 19.3 Å². The lowest BCUT2D eigenvalue weighted by Crippen LogP contribution is -2.34. The number of aromatic nitrogens is 2. The van der Waals surface area contributed by atoms with E-state index in [0.717, 1.165) is 22.0 Å². The molecular formula is C21H23N3O3. The van der Waals surface area contributed by atoms with Gasteiger partial charge in [0.1, 0.15) is 0 Å². The molecule has 0 bridgehead atoms. The first kappa shape index (κ1) is 18.6. The van der Waals surface area contributed by atoms with Gasteiger partial charge in [-0.2, -0.15) is 5.10 Å². The molecular weight excluding hydrogens is 342 g/mol. The minimum Gasteiger partial charge on any atom is -0.481 e. The van der Waals surface area contributed by atoms with Crippen molar-refractivity contribution < 1.29 is 14.7 Å². The van der Waals surface area contributed by atoms with Crippen molar-refractivity contribution in [3.63, 3.8) is 0 Å². The SMILES string of the molecule is Cc1nn(C)c(C)c1C(=O)NCC(Cc1cccc2ccccc12)C(=O)O. The van der Waals surface area contributed by atoms with E-state index in [4.69, 9.17) is 0 Å². The van der Waals surface area contributed by atoms with Crippen LogP contribution in [0.15, 0.2) is 42.5 Å². The first-order valence-corrected chi connectivity index (χ1v) is 8.86. The fourth-order valence-corrected chi connectivity index (χ4v) is 3.39. The Bertz CT molecular complexity index is 1000. The van der Waals surface area contributed by atoms with Crippen molar-refractivity contribution in [2.45, 2.75) is 20.3 Å². The highest BCUT2D eigenvalue weighted by atomic mass is 16.4. The molecule has 0 spiro atoms. The van der Waals surface area contributed by atoms with E-state index in [9.17, 15) is 14.7 Å². The molecule has 0 fully saturated rings. The lowest BCUT2D eigenvalue weighted by Gasteiger charge is -2.15. The number of carboxylic acids is 1. The molecule has 0 aliphatic carbocycles. The average molecular weight is 365 g/mol. The quantitative estimate of drug-likeness (QED) is 0.703. The van der Waals surface area contributed by atoms with Crippen LogP contribution in [0.2, 0.25) is 0 Å². The highest BCUT2D eigenvalue weighted by Gasteiger charge is 2.22. The van der Waals surface area contributed by atoms with Crippen LogP contribution in [0, 0.1) is 19.8 Å². The van der Waals surface area contributed by atoms with Crippen molar-refractivity contribution in [1.82, 2.24) is 15.1 Å². The number of carbonyl (C=O) groups excluding carboxylic acids is 1. The number of carbonyl (C=O) groups is 2. The molecule has 1 atom stereocenters. The zero-order chi connectivity index (χ0) is 19.6. The van der Waals surface area contributed by atoms with Gasteiger partial charge in [-0.1, -0.05) is 42.5 Å². The number of aliphatic carboxylic acids is 1.